The Hall–Kier alpha value is -0.0800. The highest BCUT2D eigenvalue weighted by atomic mass is 15.1. The molecule has 1 saturated carbocycles. The number of hydrogen-bond donors (Lipinski definition) is 1. The van der Waals surface area contributed by atoms with E-state index in [1.54, 1.807) is 0 Å². The van der Waals surface area contributed by atoms with Crippen molar-refractivity contribution in [1.82, 2.24) is 10.2 Å². The second-order valence-corrected chi connectivity index (χ2v) is 5.54. The van der Waals surface area contributed by atoms with Crippen molar-refractivity contribution < 1.29 is 0 Å². The SMILES string of the molecule is CN(CCC1CCNCC1)CC1CCC1. The van der Waals surface area contributed by atoms with Crippen LogP contribution in [0, 0.1) is 11.8 Å². The van der Waals surface area contributed by atoms with Crippen molar-refractivity contribution in [3.8, 4) is 0 Å². The zero-order valence-electron chi connectivity index (χ0n) is 10.2. The average Bonchev–Trinajstić information content (AvgIpc) is 2.22. The molecule has 0 bridgehead atoms. The van der Waals surface area contributed by atoms with Gasteiger partial charge >= 0.3 is 0 Å². The van der Waals surface area contributed by atoms with Crippen molar-refractivity contribution in [2.24, 2.45) is 11.8 Å². The predicted molar refractivity (Wildman–Crippen MR) is 65.0 cm³/mol. The molecule has 15 heavy (non-hydrogen) atoms. The normalized spacial score (nSPS) is 24.4. The van der Waals surface area contributed by atoms with Crippen LogP contribution in [0.4, 0.5) is 0 Å². The first-order chi connectivity index (χ1) is 7.34. The second kappa shape index (κ2) is 5.86. The average molecular weight is 210 g/mol. The lowest BCUT2D eigenvalue weighted by Gasteiger charge is -2.31. The first-order valence-corrected chi connectivity index (χ1v) is 6.74. The van der Waals surface area contributed by atoms with Crippen LogP contribution in [0.2, 0.25) is 0 Å². The highest BCUT2D eigenvalue weighted by Crippen LogP contribution is 2.27. The number of nitrogens with zero attached hydrogens (tertiary/aromatic N) is 1. The minimum Gasteiger partial charge on any atom is -0.317 e. The summed E-state index contributed by atoms with van der Waals surface area (Å²) in [6.45, 7) is 5.17. The van der Waals surface area contributed by atoms with Gasteiger partial charge in [0.15, 0.2) is 0 Å². The molecular formula is C13H26N2. The number of rotatable bonds is 5. The third-order valence-electron chi connectivity index (χ3n) is 4.17. The van der Waals surface area contributed by atoms with E-state index in [4.69, 9.17) is 0 Å². The minimum absolute atomic E-state index is 0.995. The lowest BCUT2D eigenvalue weighted by atomic mass is 9.85. The van der Waals surface area contributed by atoms with Crippen LogP contribution >= 0.6 is 0 Å². The molecule has 0 amide bonds. The van der Waals surface area contributed by atoms with Crippen molar-refractivity contribution in [3.05, 3.63) is 0 Å². The summed E-state index contributed by atoms with van der Waals surface area (Å²) in [6.07, 6.45) is 8.67. The molecule has 88 valence electrons. The molecule has 1 N–H and O–H groups in total. The van der Waals surface area contributed by atoms with Gasteiger partial charge in [0.2, 0.25) is 0 Å². The smallest absolute Gasteiger partial charge is 0.000661 e. The van der Waals surface area contributed by atoms with Gasteiger partial charge in [-0.2, -0.15) is 0 Å². The Morgan fingerprint density at radius 2 is 1.80 bits per heavy atom. The van der Waals surface area contributed by atoms with E-state index in [0.29, 0.717) is 0 Å². The Balaban J connectivity index is 1.55. The summed E-state index contributed by atoms with van der Waals surface area (Å²) in [6, 6.07) is 0. The van der Waals surface area contributed by atoms with Crippen LogP contribution in [0.5, 0.6) is 0 Å². The molecule has 0 radical (unpaired) electrons. The topological polar surface area (TPSA) is 15.3 Å². The fourth-order valence-electron chi connectivity index (χ4n) is 2.78. The lowest BCUT2D eigenvalue weighted by Crippen LogP contribution is -2.33. The van der Waals surface area contributed by atoms with E-state index in [1.165, 1.54) is 64.7 Å². The summed E-state index contributed by atoms with van der Waals surface area (Å²) in [5.41, 5.74) is 0. The highest BCUT2D eigenvalue weighted by molar-refractivity contribution is 4.74. The van der Waals surface area contributed by atoms with E-state index in [9.17, 15) is 0 Å². The van der Waals surface area contributed by atoms with Crippen molar-refractivity contribution in [3.63, 3.8) is 0 Å². The van der Waals surface area contributed by atoms with E-state index in [2.05, 4.69) is 17.3 Å². The standard InChI is InChI=1S/C13H26N2/c1-15(11-13-3-2-4-13)10-7-12-5-8-14-9-6-12/h12-14H,2-11H2,1H3. The largest absolute Gasteiger partial charge is 0.317 e. The molecule has 0 atom stereocenters. The van der Waals surface area contributed by atoms with Gasteiger partial charge < -0.3 is 10.2 Å². The van der Waals surface area contributed by atoms with E-state index >= 15 is 0 Å². The zero-order valence-corrected chi connectivity index (χ0v) is 10.2. The van der Waals surface area contributed by atoms with E-state index in [0.717, 1.165) is 11.8 Å². The molecule has 1 heterocycles. The molecule has 2 fully saturated rings. The van der Waals surface area contributed by atoms with E-state index in [-0.39, 0.29) is 0 Å². The van der Waals surface area contributed by atoms with Gasteiger partial charge in [0.05, 0.1) is 0 Å². The first kappa shape index (κ1) is 11.4. The summed E-state index contributed by atoms with van der Waals surface area (Å²) in [5, 5.41) is 3.44. The summed E-state index contributed by atoms with van der Waals surface area (Å²) in [5.74, 6) is 2.03. The van der Waals surface area contributed by atoms with Crippen LogP contribution in [-0.2, 0) is 0 Å². The monoisotopic (exact) mass is 210 g/mol. The molecule has 1 aliphatic carbocycles. The van der Waals surface area contributed by atoms with Gasteiger partial charge in [-0.3, -0.25) is 0 Å². The van der Waals surface area contributed by atoms with Gasteiger partial charge in [0.25, 0.3) is 0 Å². The molecule has 0 aromatic rings. The Morgan fingerprint density at radius 1 is 1.07 bits per heavy atom. The first-order valence-electron chi connectivity index (χ1n) is 6.74. The molecule has 0 aromatic carbocycles. The van der Waals surface area contributed by atoms with Crippen molar-refractivity contribution >= 4 is 0 Å². The molecule has 0 unspecified atom stereocenters. The Morgan fingerprint density at radius 3 is 2.40 bits per heavy atom. The van der Waals surface area contributed by atoms with Crippen molar-refractivity contribution in [2.45, 2.75) is 38.5 Å². The molecule has 0 aromatic heterocycles. The van der Waals surface area contributed by atoms with E-state index < -0.39 is 0 Å². The van der Waals surface area contributed by atoms with Gasteiger partial charge in [-0.15, -0.1) is 0 Å². The van der Waals surface area contributed by atoms with Gasteiger partial charge in [0, 0.05) is 6.54 Å². The van der Waals surface area contributed by atoms with Crippen LogP contribution in [0.25, 0.3) is 0 Å². The Bertz CT molecular complexity index is 171. The van der Waals surface area contributed by atoms with Crippen LogP contribution in [0.15, 0.2) is 0 Å². The summed E-state index contributed by atoms with van der Waals surface area (Å²) < 4.78 is 0. The zero-order chi connectivity index (χ0) is 10.5. The number of hydrogen-bond acceptors (Lipinski definition) is 2. The molecule has 2 rings (SSSR count). The highest BCUT2D eigenvalue weighted by Gasteiger charge is 2.19. The summed E-state index contributed by atoms with van der Waals surface area (Å²) >= 11 is 0. The van der Waals surface area contributed by atoms with Gasteiger partial charge in [-0.1, -0.05) is 6.42 Å². The van der Waals surface area contributed by atoms with Crippen molar-refractivity contribution in [1.29, 1.82) is 0 Å². The van der Waals surface area contributed by atoms with Crippen LogP contribution in [-0.4, -0.2) is 38.1 Å². The maximum Gasteiger partial charge on any atom is 0.000661 e. The fraction of sp³-hybridized carbons (Fsp3) is 1.00. The predicted octanol–water partition coefficient (Wildman–Crippen LogP) is 2.11. The summed E-state index contributed by atoms with van der Waals surface area (Å²) in [4.78, 5) is 2.56. The molecule has 2 heteroatoms. The number of nitrogens with one attached hydrogen (secondary N) is 1. The Labute approximate surface area is 94.4 Å². The van der Waals surface area contributed by atoms with Gasteiger partial charge in [-0.25, -0.2) is 0 Å². The van der Waals surface area contributed by atoms with Crippen LogP contribution < -0.4 is 5.32 Å². The number of piperidine rings is 1. The van der Waals surface area contributed by atoms with Gasteiger partial charge in [0.1, 0.15) is 0 Å². The quantitative estimate of drug-likeness (QED) is 0.747. The maximum absolute atomic E-state index is 3.44. The Kier molecular flexibility index (Phi) is 4.45. The fourth-order valence-corrected chi connectivity index (χ4v) is 2.78. The van der Waals surface area contributed by atoms with Crippen LogP contribution in [0.3, 0.4) is 0 Å². The molecule has 0 spiro atoms. The molecular weight excluding hydrogens is 184 g/mol. The third-order valence-corrected chi connectivity index (χ3v) is 4.17. The second-order valence-electron chi connectivity index (χ2n) is 5.54. The maximum atomic E-state index is 3.44. The van der Waals surface area contributed by atoms with E-state index in [1.807, 2.05) is 0 Å². The summed E-state index contributed by atoms with van der Waals surface area (Å²) in [7, 11) is 2.30. The minimum atomic E-state index is 0.995. The molecule has 1 aliphatic heterocycles. The van der Waals surface area contributed by atoms with Crippen LogP contribution in [0.1, 0.15) is 38.5 Å². The lowest BCUT2D eigenvalue weighted by molar-refractivity contribution is 0.191. The molecule has 2 aliphatic rings. The van der Waals surface area contributed by atoms with Gasteiger partial charge in [-0.05, 0) is 70.6 Å². The van der Waals surface area contributed by atoms with Crippen molar-refractivity contribution in [2.75, 3.05) is 33.2 Å². The molecule has 1 saturated heterocycles. The molecule has 2 nitrogen and oxygen atoms in total. The third kappa shape index (κ3) is 3.76.